The molecule has 4 nitrogen and oxygen atoms in total. The number of amides is 1. The van der Waals surface area contributed by atoms with Gasteiger partial charge in [-0.05, 0) is 18.9 Å². The quantitative estimate of drug-likeness (QED) is 0.911. The van der Waals surface area contributed by atoms with E-state index in [2.05, 4.69) is 17.2 Å². The first kappa shape index (κ1) is 13.3. The molecule has 2 unspecified atom stereocenters. The van der Waals surface area contributed by atoms with Gasteiger partial charge in [0.25, 0.3) is 5.91 Å². The standard InChI is InChI=1S/C13H17ClN2O2/c1-2-12-9(4-6-18-12)7-16-13(17)10-3-5-15-8-11(10)14/h3,5,8-9,12H,2,4,6-7H2,1H3,(H,16,17). The fraction of sp³-hybridized carbons (Fsp3) is 0.538. The second kappa shape index (κ2) is 6.16. The van der Waals surface area contributed by atoms with E-state index >= 15 is 0 Å². The van der Waals surface area contributed by atoms with Crippen LogP contribution in [0.1, 0.15) is 30.1 Å². The van der Waals surface area contributed by atoms with Gasteiger partial charge in [-0.1, -0.05) is 18.5 Å². The molecule has 98 valence electrons. The largest absolute Gasteiger partial charge is 0.378 e. The summed E-state index contributed by atoms with van der Waals surface area (Å²) in [6, 6.07) is 1.63. The Balaban J connectivity index is 1.91. The summed E-state index contributed by atoms with van der Waals surface area (Å²) in [5.41, 5.74) is 0.471. The van der Waals surface area contributed by atoms with E-state index in [0.717, 1.165) is 19.4 Å². The summed E-state index contributed by atoms with van der Waals surface area (Å²) in [4.78, 5) is 15.8. The summed E-state index contributed by atoms with van der Waals surface area (Å²) in [5.74, 6) is 0.253. The average molecular weight is 269 g/mol. The Hall–Kier alpha value is -1.13. The van der Waals surface area contributed by atoms with Gasteiger partial charge in [-0.2, -0.15) is 0 Å². The number of carbonyl (C=O) groups is 1. The Labute approximate surface area is 112 Å². The molecular formula is C13H17ClN2O2. The van der Waals surface area contributed by atoms with Crippen molar-refractivity contribution in [3.05, 3.63) is 29.0 Å². The Morgan fingerprint density at radius 2 is 2.50 bits per heavy atom. The van der Waals surface area contributed by atoms with Gasteiger partial charge < -0.3 is 10.1 Å². The Morgan fingerprint density at radius 1 is 1.67 bits per heavy atom. The van der Waals surface area contributed by atoms with E-state index in [4.69, 9.17) is 16.3 Å². The molecule has 0 radical (unpaired) electrons. The highest BCUT2D eigenvalue weighted by Gasteiger charge is 2.27. The van der Waals surface area contributed by atoms with Crippen LogP contribution >= 0.6 is 11.6 Å². The first-order valence-corrected chi connectivity index (χ1v) is 6.59. The Bertz CT molecular complexity index is 425. The molecule has 1 aromatic rings. The molecule has 1 N–H and O–H groups in total. The number of hydrogen-bond donors (Lipinski definition) is 1. The lowest BCUT2D eigenvalue weighted by Crippen LogP contribution is -2.32. The molecular weight excluding hydrogens is 252 g/mol. The first-order chi connectivity index (χ1) is 8.72. The number of carbonyl (C=O) groups excluding carboxylic acids is 1. The molecule has 1 aromatic heterocycles. The fourth-order valence-corrected chi connectivity index (χ4v) is 2.46. The van der Waals surface area contributed by atoms with E-state index in [9.17, 15) is 4.79 Å². The molecule has 2 rings (SSSR count). The third kappa shape index (κ3) is 3.00. The number of rotatable bonds is 4. The van der Waals surface area contributed by atoms with Crippen LogP contribution in [0.2, 0.25) is 5.02 Å². The summed E-state index contributed by atoms with van der Waals surface area (Å²) in [6.07, 6.45) is 5.29. The van der Waals surface area contributed by atoms with Crippen molar-refractivity contribution >= 4 is 17.5 Å². The predicted molar refractivity (Wildman–Crippen MR) is 69.7 cm³/mol. The molecule has 2 atom stereocenters. The van der Waals surface area contributed by atoms with Crippen molar-refractivity contribution in [3.8, 4) is 0 Å². The minimum atomic E-state index is -0.149. The maximum absolute atomic E-state index is 12.0. The lowest BCUT2D eigenvalue weighted by atomic mass is 9.99. The van der Waals surface area contributed by atoms with E-state index < -0.39 is 0 Å². The van der Waals surface area contributed by atoms with E-state index in [-0.39, 0.29) is 12.0 Å². The van der Waals surface area contributed by atoms with Crippen LogP contribution in [0.15, 0.2) is 18.5 Å². The molecule has 1 aliphatic rings. The normalized spacial score (nSPS) is 23.0. The lowest BCUT2D eigenvalue weighted by Gasteiger charge is -2.17. The molecule has 0 aromatic carbocycles. The smallest absolute Gasteiger partial charge is 0.252 e. The Morgan fingerprint density at radius 3 is 3.22 bits per heavy atom. The molecule has 1 amide bonds. The lowest BCUT2D eigenvalue weighted by molar-refractivity contribution is 0.0827. The number of hydrogen-bond acceptors (Lipinski definition) is 3. The van der Waals surface area contributed by atoms with Crippen LogP contribution in [0.4, 0.5) is 0 Å². The zero-order valence-corrected chi connectivity index (χ0v) is 11.1. The van der Waals surface area contributed by atoms with Gasteiger partial charge in [0.05, 0.1) is 16.7 Å². The maximum Gasteiger partial charge on any atom is 0.252 e. The van der Waals surface area contributed by atoms with Crippen LogP contribution in [0.3, 0.4) is 0 Å². The molecule has 1 aliphatic heterocycles. The van der Waals surface area contributed by atoms with Crippen molar-refractivity contribution in [1.82, 2.24) is 10.3 Å². The number of aromatic nitrogens is 1. The fourth-order valence-electron chi connectivity index (χ4n) is 2.26. The van der Waals surface area contributed by atoms with Crippen LogP contribution in [-0.2, 0) is 4.74 Å². The third-order valence-corrected chi connectivity index (χ3v) is 3.59. The molecule has 0 aliphatic carbocycles. The minimum absolute atomic E-state index is 0.149. The van der Waals surface area contributed by atoms with E-state index in [1.54, 1.807) is 12.3 Å². The highest BCUT2D eigenvalue weighted by molar-refractivity contribution is 6.33. The van der Waals surface area contributed by atoms with Gasteiger partial charge in [0.2, 0.25) is 0 Å². The van der Waals surface area contributed by atoms with Crippen LogP contribution in [-0.4, -0.2) is 30.1 Å². The first-order valence-electron chi connectivity index (χ1n) is 6.21. The van der Waals surface area contributed by atoms with Gasteiger partial charge in [0.1, 0.15) is 0 Å². The third-order valence-electron chi connectivity index (χ3n) is 3.29. The Kier molecular flexibility index (Phi) is 4.55. The predicted octanol–water partition coefficient (Wildman–Crippen LogP) is 2.28. The molecule has 1 fully saturated rings. The van der Waals surface area contributed by atoms with Crippen molar-refractivity contribution in [2.45, 2.75) is 25.9 Å². The summed E-state index contributed by atoms with van der Waals surface area (Å²) < 4.78 is 5.59. The van der Waals surface area contributed by atoms with E-state index in [0.29, 0.717) is 23.0 Å². The molecule has 18 heavy (non-hydrogen) atoms. The van der Waals surface area contributed by atoms with Crippen molar-refractivity contribution in [3.63, 3.8) is 0 Å². The van der Waals surface area contributed by atoms with Crippen LogP contribution < -0.4 is 5.32 Å². The molecule has 5 heteroatoms. The average Bonchev–Trinajstić information content (AvgIpc) is 2.84. The zero-order valence-electron chi connectivity index (χ0n) is 10.4. The molecule has 0 saturated carbocycles. The molecule has 1 saturated heterocycles. The minimum Gasteiger partial charge on any atom is -0.378 e. The van der Waals surface area contributed by atoms with E-state index in [1.165, 1.54) is 6.20 Å². The second-order valence-electron chi connectivity index (χ2n) is 4.43. The molecule has 0 spiro atoms. The van der Waals surface area contributed by atoms with Crippen molar-refractivity contribution in [2.75, 3.05) is 13.2 Å². The molecule has 0 bridgehead atoms. The van der Waals surface area contributed by atoms with Crippen molar-refractivity contribution < 1.29 is 9.53 Å². The van der Waals surface area contributed by atoms with Gasteiger partial charge in [-0.25, -0.2) is 0 Å². The number of nitrogens with one attached hydrogen (secondary N) is 1. The number of pyridine rings is 1. The highest BCUT2D eigenvalue weighted by atomic mass is 35.5. The summed E-state index contributed by atoms with van der Waals surface area (Å²) >= 11 is 5.92. The summed E-state index contributed by atoms with van der Waals surface area (Å²) in [5, 5.41) is 3.29. The number of nitrogens with zero attached hydrogens (tertiary/aromatic N) is 1. The van der Waals surface area contributed by atoms with Gasteiger partial charge in [0.15, 0.2) is 0 Å². The van der Waals surface area contributed by atoms with Crippen molar-refractivity contribution in [2.24, 2.45) is 5.92 Å². The topological polar surface area (TPSA) is 51.2 Å². The molecule has 2 heterocycles. The van der Waals surface area contributed by atoms with E-state index in [1.807, 2.05) is 0 Å². The van der Waals surface area contributed by atoms with Crippen LogP contribution in [0.25, 0.3) is 0 Å². The zero-order chi connectivity index (χ0) is 13.0. The monoisotopic (exact) mass is 268 g/mol. The number of halogens is 1. The second-order valence-corrected chi connectivity index (χ2v) is 4.84. The van der Waals surface area contributed by atoms with Crippen molar-refractivity contribution in [1.29, 1.82) is 0 Å². The SMILES string of the molecule is CCC1OCCC1CNC(=O)c1ccncc1Cl. The van der Waals surface area contributed by atoms with Gasteiger partial charge in [0, 0.05) is 31.5 Å². The van der Waals surface area contributed by atoms with Crippen LogP contribution in [0, 0.1) is 5.92 Å². The van der Waals surface area contributed by atoms with Gasteiger partial charge >= 0.3 is 0 Å². The van der Waals surface area contributed by atoms with Crippen LogP contribution in [0.5, 0.6) is 0 Å². The number of ether oxygens (including phenoxy) is 1. The maximum atomic E-state index is 12.0. The van der Waals surface area contributed by atoms with Gasteiger partial charge in [-0.3, -0.25) is 9.78 Å². The summed E-state index contributed by atoms with van der Waals surface area (Å²) in [7, 11) is 0. The summed E-state index contributed by atoms with van der Waals surface area (Å²) in [6.45, 7) is 3.52. The highest BCUT2D eigenvalue weighted by Crippen LogP contribution is 2.22. The van der Waals surface area contributed by atoms with Gasteiger partial charge in [-0.15, -0.1) is 0 Å².